The molecule has 4 aromatic rings. The zero-order chi connectivity index (χ0) is 19.8. The first-order valence-electron chi connectivity index (χ1n) is 9.46. The zero-order valence-corrected chi connectivity index (χ0v) is 16.3. The molecule has 0 unspecified atom stereocenters. The van der Waals surface area contributed by atoms with Gasteiger partial charge in [0.1, 0.15) is 0 Å². The van der Waals surface area contributed by atoms with Gasteiger partial charge in [-0.25, -0.2) is 0 Å². The summed E-state index contributed by atoms with van der Waals surface area (Å²) >= 11 is 0. The molecule has 0 saturated heterocycles. The van der Waals surface area contributed by atoms with Crippen molar-refractivity contribution in [1.29, 1.82) is 0 Å². The smallest absolute Gasteiger partial charge is 0.251 e. The third-order valence-corrected chi connectivity index (χ3v) is 5.37. The molecular weight excluding hydrogens is 350 g/mol. The van der Waals surface area contributed by atoms with Crippen LogP contribution in [0, 0.1) is 6.92 Å². The lowest BCUT2D eigenvalue weighted by atomic mass is 10.0. The van der Waals surface area contributed by atoms with E-state index in [0.717, 1.165) is 38.5 Å². The molecule has 2 heterocycles. The molecule has 0 fully saturated rings. The lowest BCUT2D eigenvalue weighted by Crippen LogP contribution is -2.16. The quantitative estimate of drug-likeness (QED) is 0.566. The van der Waals surface area contributed by atoms with Gasteiger partial charge in [-0.05, 0) is 42.7 Å². The number of anilines is 1. The van der Waals surface area contributed by atoms with Gasteiger partial charge in [-0.15, -0.1) is 0 Å². The summed E-state index contributed by atoms with van der Waals surface area (Å²) in [5.41, 5.74) is 5.26. The number of para-hydroxylation sites is 1. The topological polar surface area (TPSA) is 66.9 Å². The Hall–Kier alpha value is -3.34. The van der Waals surface area contributed by atoms with E-state index in [1.807, 2.05) is 74.1 Å². The van der Waals surface area contributed by atoms with Gasteiger partial charge in [-0.2, -0.15) is 0 Å². The molecule has 0 radical (unpaired) electrons. The number of pyridine rings is 1. The lowest BCUT2D eigenvalue weighted by molar-refractivity contribution is -0.115. The number of nitrogens with zero attached hydrogens (tertiary/aromatic N) is 1. The fourth-order valence-corrected chi connectivity index (χ4v) is 3.95. The molecule has 5 nitrogen and oxygen atoms in total. The number of hydrogen-bond donors (Lipinski definition) is 2. The first kappa shape index (κ1) is 18.0. The number of amides is 1. The molecule has 142 valence electrons. The maximum Gasteiger partial charge on any atom is 0.251 e. The van der Waals surface area contributed by atoms with Gasteiger partial charge in [0.05, 0.1) is 11.9 Å². The average Bonchev–Trinajstić information content (AvgIpc) is 2.97. The van der Waals surface area contributed by atoms with E-state index in [1.165, 1.54) is 0 Å². The predicted octanol–water partition coefficient (Wildman–Crippen LogP) is 4.07. The fraction of sp³-hybridized carbons (Fsp3) is 0.217. The summed E-state index contributed by atoms with van der Waals surface area (Å²) < 4.78 is 2.03. The van der Waals surface area contributed by atoms with Crippen molar-refractivity contribution in [1.82, 2.24) is 9.55 Å². The molecule has 4 rings (SSSR count). The van der Waals surface area contributed by atoms with Crippen molar-refractivity contribution in [3.63, 3.8) is 0 Å². The number of benzene rings is 2. The molecule has 0 atom stereocenters. The number of fused-ring (bicyclic) bond motifs is 2. The van der Waals surface area contributed by atoms with Gasteiger partial charge in [0, 0.05) is 40.8 Å². The van der Waals surface area contributed by atoms with Gasteiger partial charge in [-0.3, -0.25) is 9.59 Å². The minimum absolute atomic E-state index is 0.0632. The van der Waals surface area contributed by atoms with Crippen molar-refractivity contribution in [3.8, 4) is 0 Å². The Morgan fingerprint density at radius 2 is 1.93 bits per heavy atom. The third-order valence-electron chi connectivity index (χ3n) is 5.37. The van der Waals surface area contributed by atoms with Gasteiger partial charge in [0.25, 0.3) is 5.56 Å². The summed E-state index contributed by atoms with van der Waals surface area (Å²) in [5, 5.41) is 5.05. The van der Waals surface area contributed by atoms with Crippen molar-refractivity contribution < 1.29 is 4.79 Å². The molecular formula is C23H23N3O2. The third kappa shape index (κ3) is 3.09. The minimum Gasteiger partial charge on any atom is -0.350 e. The number of nitrogens with one attached hydrogen (secondary N) is 2. The number of carbonyl (C=O) groups is 1. The van der Waals surface area contributed by atoms with E-state index in [0.29, 0.717) is 18.5 Å². The second-order valence-corrected chi connectivity index (χ2v) is 7.18. The van der Waals surface area contributed by atoms with Crippen LogP contribution in [0.4, 0.5) is 5.69 Å². The number of rotatable bonds is 4. The summed E-state index contributed by atoms with van der Waals surface area (Å²) in [5.74, 6) is -0.0834. The number of aromatic amines is 1. The van der Waals surface area contributed by atoms with Crippen LogP contribution in [0.5, 0.6) is 0 Å². The number of carbonyl (C=O) groups excluding carboxylic acids is 1. The van der Waals surface area contributed by atoms with Gasteiger partial charge in [-0.1, -0.05) is 31.2 Å². The van der Waals surface area contributed by atoms with E-state index in [1.54, 1.807) is 0 Å². The Morgan fingerprint density at radius 3 is 2.71 bits per heavy atom. The first-order chi connectivity index (χ1) is 13.5. The van der Waals surface area contributed by atoms with E-state index < -0.39 is 0 Å². The van der Waals surface area contributed by atoms with Crippen LogP contribution in [0.2, 0.25) is 0 Å². The summed E-state index contributed by atoms with van der Waals surface area (Å²) in [6.45, 7) is 3.94. The molecule has 1 amide bonds. The Balaban J connectivity index is 1.61. The standard InChI is InChI=1S/C23H23N3O2/c1-4-17-14(2)18-10-9-16(12-20(18)25-23(17)28)24-22(27)11-15-13-26(3)21-8-6-5-7-19(15)21/h5-10,12-13H,4,11H2,1-3H3,(H,24,27)(H,25,28). The van der Waals surface area contributed by atoms with Crippen LogP contribution < -0.4 is 10.9 Å². The molecule has 0 aliphatic heterocycles. The SMILES string of the molecule is CCc1c(C)c2ccc(NC(=O)Cc3cn(C)c4ccccc34)cc2[nH]c1=O. The summed E-state index contributed by atoms with van der Waals surface area (Å²) in [4.78, 5) is 27.8. The molecule has 2 aromatic carbocycles. The average molecular weight is 373 g/mol. The Labute approximate surface area is 163 Å². The largest absolute Gasteiger partial charge is 0.350 e. The Bertz CT molecular complexity index is 1260. The van der Waals surface area contributed by atoms with E-state index >= 15 is 0 Å². The predicted molar refractivity (Wildman–Crippen MR) is 114 cm³/mol. The highest BCUT2D eigenvalue weighted by atomic mass is 16.1. The van der Waals surface area contributed by atoms with Crippen LogP contribution >= 0.6 is 0 Å². The zero-order valence-electron chi connectivity index (χ0n) is 16.3. The van der Waals surface area contributed by atoms with E-state index in [4.69, 9.17) is 0 Å². The van der Waals surface area contributed by atoms with E-state index in [2.05, 4.69) is 10.3 Å². The number of aromatic nitrogens is 2. The molecule has 0 spiro atoms. The molecule has 0 saturated carbocycles. The molecule has 0 aliphatic carbocycles. The highest BCUT2D eigenvalue weighted by molar-refractivity contribution is 5.97. The summed E-state index contributed by atoms with van der Waals surface area (Å²) in [6, 6.07) is 13.7. The molecule has 0 aliphatic rings. The van der Waals surface area contributed by atoms with Crippen LogP contribution in [0.3, 0.4) is 0 Å². The van der Waals surface area contributed by atoms with Crippen molar-refractivity contribution in [2.75, 3.05) is 5.32 Å². The molecule has 2 aromatic heterocycles. The first-order valence-corrected chi connectivity index (χ1v) is 9.46. The second-order valence-electron chi connectivity index (χ2n) is 7.18. The maximum absolute atomic E-state index is 12.6. The van der Waals surface area contributed by atoms with Gasteiger partial charge in [0.15, 0.2) is 0 Å². The molecule has 5 heteroatoms. The lowest BCUT2D eigenvalue weighted by Gasteiger charge is -2.10. The van der Waals surface area contributed by atoms with Gasteiger partial charge in [0.2, 0.25) is 5.91 Å². The highest BCUT2D eigenvalue weighted by Gasteiger charge is 2.12. The number of aryl methyl sites for hydroxylation is 2. The van der Waals surface area contributed by atoms with Crippen LogP contribution in [-0.2, 0) is 24.7 Å². The van der Waals surface area contributed by atoms with Gasteiger partial charge < -0.3 is 14.9 Å². The highest BCUT2D eigenvalue weighted by Crippen LogP contribution is 2.23. The van der Waals surface area contributed by atoms with Crippen molar-refractivity contribution in [3.05, 3.63) is 75.7 Å². The van der Waals surface area contributed by atoms with Crippen LogP contribution in [0.15, 0.2) is 53.5 Å². The Morgan fingerprint density at radius 1 is 1.14 bits per heavy atom. The minimum atomic E-state index is -0.0834. The van der Waals surface area contributed by atoms with Crippen LogP contribution in [0.1, 0.15) is 23.6 Å². The maximum atomic E-state index is 12.6. The Kier molecular flexibility index (Phi) is 4.51. The van der Waals surface area contributed by atoms with Crippen LogP contribution in [-0.4, -0.2) is 15.5 Å². The number of H-pyrrole nitrogens is 1. The van der Waals surface area contributed by atoms with Crippen molar-refractivity contribution in [2.24, 2.45) is 7.05 Å². The molecule has 0 bridgehead atoms. The molecule has 28 heavy (non-hydrogen) atoms. The van der Waals surface area contributed by atoms with Crippen molar-refractivity contribution in [2.45, 2.75) is 26.7 Å². The van der Waals surface area contributed by atoms with Gasteiger partial charge >= 0.3 is 0 Å². The monoisotopic (exact) mass is 373 g/mol. The summed E-state index contributed by atoms with van der Waals surface area (Å²) in [7, 11) is 1.98. The second kappa shape index (κ2) is 7.00. The van der Waals surface area contributed by atoms with E-state index in [9.17, 15) is 9.59 Å². The summed E-state index contributed by atoms with van der Waals surface area (Å²) in [6.07, 6.45) is 2.99. The van der Waals surface area contributed by atoms with E-state index in [-0.39, 0.29) is 11.5 Å². The van der Waals surface area contributed by atoms with Crippen molar-refractivity contribution >= 4 is 33.4 Å². The normalized spacial score (nSPS) is 11.2. The fourth-order valence-electron chi connectivity index (χ4n) is 3.95. The molecule has 2 N–H and O–H groups in total. The van der Waals surface area contributed by atoms with Crippen LogP contribution in [0.25, 0.3) is 21.8 Å². The number of hydrogen-bond acceptors (Lipinski definition) is 2.